The lowest BCUT2D eigenvalue weighted by Gasteiger charge is -2.15. The number of benzene rings is 1. The molecule has 1 aliphatic rings. The summed E-state index contributed by atoms with van der Waals surface area (Å²) in [5.41, 5.74) is 0.329. The Morgan fingerprint density at radius 1 is 1.25 bits per heavy atom. The predicted octanol–water partition coefficient (Wildman–Crippen LogP) is 3.22. The van der Waals surface area contributed by atoms with Gasteiger partial charge in [0.2, 0.25) is 0 Å². The van der Waals surface area contributed by atoms with Crippen LogP contribution in [0.1, 0.15) is 25.3 Å². The third-order valence-corrected chi connectivity index (χ3v) is 5.55. The molecule has 0 N–H and O–H groups in total. The quantitative estimate of drug-likeness (QED) is 0.849. The Balaban J connectivity index is 2.50. The Morgan fingerprint density at radius 3 is 2.55 bits per heavy atom. The Hall–Kier alpha value is -1.04. The number of rotatable bonds is 4. The standard InChI is InChI=1S/C13H13Cl2NO3S/c1-2-3-7-16-13(17)11(15)12(20(16,18)19)9-5-4-6-10(14)8-9/h4-6,8H,2-3,7H2,1H3. The van der Waals surface area contributed by atoms with E-state index in [1.54, 1.807) is 18.2 Å². The minimum Gasteiger partial charge on any atom is -0.267 e. The third kappa shape index (κ3) is 2.57. The molecule has 1 amide bonds. The Kier molecular flexibility index (Phi) is 4.42. The number of carbonyl (C=O) groups is 1. The van der Waals surface area contributed by atoms with Gasteiger partial charge in [-0.05, 0) is 24.1 Å². The number of hydrogen-bond acceptors (Lipinski definition) is 3. The highest BCUT2D eigenvalue weighted by atomic mass is 35.5. The lowest BCUT2D eigenvalue weighted by Crippen LogP contribution is -2.32. The second kappa shape index (κ2) is 5.76. The van der Waals surface area contributed by atoms with E-state index in [9.17, 15) is 13.2 Å². The molecule has 20 heavy (non-hydrogen) atoms. The van der Waals surface area contributed by atoms with Crippen LogP contribution in [-0.4, -0.2) is 25.2 Å². The predicted molar refractivity (Wildman–Crippen MR) is 79.8 cm³/mol. The summed E-state index contributed by atoms with van der Waals surface area (Å²) in [7, 11) is -3.90. The molecule has 0 saturated heterocycles. The molecule has 1 aliphatic heterocycles. The van der Waals surface area contributed by atoms with Gasteiger partial charge in [-0.2, -0.15) is 0 Å². The molecule has 0 fully saturated rings. The molecule has 1 aromatic carbocycles. The van der Waals surface area contributed by atoms with Crippen molar-refractivity contribution in [2.75, 3.05) is 6.54 Å². The van der Waals surface area contributed by atoms with E-state index in [2.05, 4.69) is 0 Å². The number of amides is 1. The SMILES string of the molecule is CCCCN1C(=O)C(Cl)=C(c2cccc(Cl)c2)S1(=O)=O. The fraction of sp³-hybridized carbons (Fsp3) is 0.308. The summed E-state index contributed by atoms with van der Waals surface area (Å²) in [6.45, 7) is 2.05. The lowest BCUT2D eigenvalue weighted by atomic mass is 10.2. The Labute approximate surface area is 128 Å². The van der Waals surface area contributed by atoms with Gasteiger partial charge in [-0.1, -0.05) is 48.7 Å². The van der Waals surface area contributed by atoms with E-state index >= 15 is 0 Å². The van der Waals surface area contributed by atoms with Gasteiger partial charge in [-0.15, -0.1) is 0 Å². The summed E-state index contributed by atoms with van der Waals surface area (Å²) in [6.07, 6.45) is 1.38. The number of hydrogen-bond donors (Lipinski definition) is 0. The molecule has 1 heterocycles. The Bertz CT molecular complexity index is 683. The van der Waals surface area contributed by atoms with Gasteiger partial charge in [-0.25, -0.2) is 12.7 Å². The molecule has 0 saturated carbocycles. The number of unbranched alkanes of at least 4 members (excludes halogenated alkanes) is 1. The van der Waals surface area contributed by atoms with Crippen LogP contribution >= 0.6 is 23.2 Å². The first-order valence-corrected chi connectivity index (χ1v) is 8.32. The van der Waals surface area contributed by atoms with Gasteiger partial charge in [0.25, 0.3) is 15.9 Å². The first-order valence-electron chi connectivity index (χ1n) is 6.12. The van der Waals surface area contributed by atoms with Crippen molar-refractivity contribution in [1.29, 1.82) is 0 Å². The van der Waals surface area contributed by atoms with Crippen molar-refractivity contribution in [2.45, 2.75) is 19.8 Å². The molecule has 4 nitrogen and oxygen atoms in total. The second-order valence-electron chi connectivity index (χ2n) is 4.39. The molecule has 7 heteroatoms. The fourth-order valence-corrected chi connectivity index (χ4v) is 4.35. The van der Waals surface area contributed by atoms with Crippen LogP contribution in [-0.2, 0) is 14.8 Å². The van der Waals surface area contributed by atoms with Gasteiger partial charge < -0.3 is 0 Å². The maximum Gasteiger partial charge on any atom is 0.280 e. The smallest absolute Gasteiger partial charge is 0.267 e. The van der Waals surface area contributed by atoms with Gasteiger partial charge in [0.15, 0.2) is 0 Å². The molecular formula is C13H13Cl2NO3S. The minimum atomic E-state index is -3.90. The van der Waals surface area contributed by atoms with Crippen LogP contribution in [0.4, 0.5) is 0 Å². The van der Waals surface area contributed by atoms with Crippen molar-refractivity contribution in [3.63, 3.8) is 0 Å². The summed E-state index contributed by atoms with van der Waals surface area (Å²) >= 11 is 11.8. The van der Waals surface area contributed by atoms with Gasteiger partial charge in [0, 0.05) is 11.6 Å². The molecule has 0 spiro atoms. The molecule has 0 radical (unpaired) electrons. The highest BCUT2D eigenvalue weighted by molar-refractivity contribution is 7.99. The van der Waals surface area contributed by atoms with Gasteiger partial charge >= 0.3 is 0 Å². The van der Waals surface area contributed by atoms with E-state index in [0.29, 0.717) is 17.0 Å². The average Bonchev–Trinajstić information content (AvgIpc) is 2.54. The molecule has 0 atom stereocenters. The molecule has 0 bridgehead atoms. The largest absolute Gasteiger partial charge is 0.280 e. The molecule has 2 rings (SSSR count). The highest BCUT2D eigenvalue weighted by Crippen LogP contribution is 2.38. The zero-order valence-electron chi connectivity index (χ0n) is 10.8. The van der Waals surface area contributed by atoms with E-state index in [4.69, 9.17) is 23.2 Å². The summed E-state index contributed by atoms with van der Waals surface area (Å²) in [6, 6.07) is 6.28. The zero-order valence-corrected chi connectivity index (χ0v) is 13.1. The van der Waals surface area contributed by atoms with Crippen LogP contribution in [0.3, 0.4) is 0 Å². The first kappa shape index (κ1) is 15.4. The molecule has 0 aromatic heterocycles. The number of carbonyl (C=O) groups excluding carboxylic acids is 1. The highest BCUT2D eigenvalue weighted by Gasteiger charge is 2.43. The summed E-state index contributed by atoms with van der Waals surface area (Å²) in [4.78, 5) is 11.9. The summed E-state index contributed by atoms with van der Waals surface area (Å²) in [5.74, 6) is -0.671. The van der Waals surface area contributed by atoms with E-state index in [1.807, 2.05) is 6.92 Å². The average molecular weight is 334 g/mol. The van der Waals surface area contributed by atoms with E-state index in [1.165, 1.54) is 6.07 Å². The number of nitrogens with zero attached hydrogens (tertiary/aromatic N) is 1. The van der Waals surface area contributed by atoms with E-state index in [0.717, 1.165) is 10.7 Å². The van der Waals surface area contributed by atoms with Crippen LogP contribution in [0.25, 0.3) is 4.91 Å². The van der Waals surface area contributed by atoms with Crippen LogP contribution in [0, 0.1) is 0 Å². The van der Waals surface area contributed by atoms with Crippen molar-refractivity contribution in [3.8, 4) is 0 Å². The van der Waals surface area contributed by atoms with Crippen molar-refractivity contribution >= 4 is 44.0 Å². The summed E-state index contributed by atoms with van der Waals surface area (Å²) < 4.78 is 25.7. The Morgan fingerprint density at radius 2 is 1.95 bits per heavy atom. The number of halogens is 2. The molecule has 0 aliphatic carbocycles. The van der Waals surface area contributed by atoms with Crippen molar-refractivity contribution in [1.82, 2.24) is 4.31 Å². The monoisotopic (exact) mass is 333 g/mol. The zero-order chi connectivity index (χ0) is 14.9. The third-order valence-electron chi connectivity index (χ3n) is 2.96. The first-order chi connectivity index (χ1) is 9.39. The van der Waals surface area contributed by atoms with Gasteiger partial charge in [0.05, 0.1) is 0 Å². The maximum absolute atomic E-state index is 12.5. The van der Waals surface area contributed by atoms with Crippen molar-refractivity contribution in [2.24, 2.45) is 0 Å². The van der Waals surface area contributed by atoms with Crippen LogP contribution in [0.15, 0.2) is 29.3 Å². The van der Waals surface area contributed by atoms with Gasteiger partial charge in [0.1, 0.15) is 9.94 Å². The van der Waals surface area contributed by atoms with Crippen LogP contribution < -0.4 is 0 Å². The van der Waals surface area contributed by atoms with Crippen molar-refractivity contribution in [3.05, 3.63) is 39.9 Å². The molecule has 0 unspecified atom stereocenters. The summed E-state index contributed by atoms with van der Waals surface area (Å²) in [5, 5.41) is 0.109. The molecule has 108 valence electrons. The normalized spacial score (nSPS) is 17.9. The lowest BCUT2D eigenvalue weighted by molar-refractivity contribution is -0.121. The number of sulfonamides is 1. The van der Waals surface area contributed by atoms with E-state index in [-0.39, 0.29) is 16.5 Å². The maximum atomic E-state index is 12.5. The van der Waals surface area contributed by atoms with Crippen LogP contribution in [0.2, 0.25) is 5.02 Å². The minimum absolute atomic E-state index is 0.137. The van der Waals surface area contributed by atoms with Crippen LogP contribution in [0.5, 0.6) is 0 Å². The van der Waals surface area contributed by atoms with Gasteiger partial charge in [-0.3, -0.25) is 4.79 Å². The topological polar surface area (TPSA) is 54.5 Å². The fourth-order valence-electron chi connectivity index (χ4n) is 1.97. The van der Waals surface area contributed by atoms with Crippen molar-refractivity contribution < 1.29 is 13.2 Å². The molecule has 1 aromatic rings. The molecular weight excluding hydrogens is 321 g/mol. The van der Waals surface area contributed by atoms with E-state index < -0.39 is 15.9 Å². The second-order valence-corrected chi connectivity index (χ2v) is 7.00.